The van der Waals surface area contributed by atoms with Gasteiger partial charge in [-0.3, -0.25) is 9.59 Å². The lowest BCUT2D eigenvalue weighted by molar-refractivity contribution is -0.120. The molecule has 0 aliphatic rings. The summed E-state index contributed by atoms with van der Waals surface area (Å²) in [5, 5.41) is 6.58. The normalized spacial score (nSPS) is 10.2. The second kappa shape index (κ2) is 7.99. The first-order chi connectivity index (χ1) is 10.9. The highest BCUT2D eigenvalue weighted by molar-refractivity contribution is 6.35. The van der Waals surface area contributed by atoms with E-state index < -0.39 is 0 Å². The molecule has 2 aromatic carbocycles. The van der Waals surface area contributed by atoms with Crippen LogP contribution in [0.4, 0.5) is 5.69 Å². The van der Waals surface area contributed by atoms with Crippen molar-refractivity contribution in [1.82, 2.24) is 5.32 Å². The zero-order chi connectivity index (χ0) is 16.8. The van der Waals surface area contributed by atoms with Crippen molar-refractivity contribution in [3.63, 3.8) is 0 Å². The van der Waals surface area contributed by atoms with Gasteiger partial charge in [0.2, 0.25) is 11.8 Å². The minimum atomic E-state index is -0.129. The van der Waals surface area contributed by atoms with Crippen molar-refractivity contribution >= 4 is 40.7 Å². The summed E-state index contributed by atoms with van der Waals surface area (Å²) in [6.45, 7) is 1.79. The molecule has 0 radical (unpaired) electrons. The fourth-order valence-corrected chi connectivity index (χ4v) is 2.49. The minimum absolute atomic E-state index is 0.108. The molecule has 0 aromatic heterocycles. The van der Waals surface area contributed by atoms with Crippen LogP contribution in [0.3, 0.4) is 0 Å². The molecule has 4 nitrogen and oxygen atoms in total. The number of nitrogens with one attached hydrogen (secondary N) is 2. The third-order valence-electron chi connectivity index (χ3n) is 3.13. The second-order valence-corrected chi connectivity index (χ2v) is 5.91. The molecule has 0 saturated carbocycles. The van der Waals surface area contributed by atoms with Gasteiger partial charge in [0.15, 0.2) is 0 Å². The maximum atomic E-state index is 12.0. The van der Waals surface area contributed by atoms with Gasteiger partial charge in [-0.2, -0.15) is 0 Å². The number of hydrogen-bond acceptors (Lipinski definition) is 2. The summed E-state index contributed by atoms with van der Waals surface area (Å²) in [7, 11) is 0. The summed E-state index contributed by atoms with van der Waals surface area (Å²) in [5.41, 5.74) is 2.37. The molecule has 0 bridgehead atoms. The molecule has 0 aliphatic heterocycles. The van der Waals surface area contributed by atoms with Crippen LogP contribution >= 0.6 is 23.2 Å². The molecule has 23 heavy (non-hydrogen) atoms. The van der Waals surface area contributed by atoms with Crippen LogP contribution in [0.1, 0.15) is 18.1 Å². The zero-order valence-corrected chi connectivity index (χ0v) is 14.0. The molecule has 0 atom stereocenters. The largest absolute Gasteiger partial charge is 0.352 e. The summed E-state index contributed by atoms with van der Waals surface area (Å²) < 4.78 is 0. The van der Waals surface area contributed by atoms with Gasteiger partial charge >= 0.3 is 0 Å². The Morgan fingerprint density at radius 3 is 2.35 bits per heavy atom. The first-order valence-corrected chi connectivity index (χ1v) is 7.77. The standard InChI is InChI=1S/C17H16Cl2N2O2/c1-11(22)21-15-6-2-12(3-7-15)8-17(23)20-10-13-4-5-14(18)9-16(13)19/h2-7,9H,8,10H2,1H3,(H,20,23)(H,21,22). The smallest absolute Gasteiger partial charge is 0.224 e. The lowest BCUT2D eigenvalue weighted by Crippen LogP contribution is -2.24. The predicted molar refractivity (Wildman–Crippen MR) is 92.8 cm³/mol. The van der Waals surface area contributed by atoms with Crippen LogP contribution in [0.15, 0.2) is 42.5 Å². The number of rotatable bonds is 5. The van der Waals surface area contributed by atoms with E-state index in [4.69, 9.17) is 23.2 Å². The Labute approximate surface area is 144 Å². The van der Waals surface area contributed by atoms with Crippen molar-refractivity contribution in [3.05, 3.63) is 63.6 Å². The van der Waals surface area contributed by atoms with E-state index in [0.717, 1.165) is 11.1 Å². The summed E-state index contributed by atoms with van der Waals surface area (Å²) in [4.78, 5) is 22.9. The van der Waals surface area contributed by atoms with Gasteiger partial charge < -0.3 is 10.6 Å². The van der Waals surface area contributed by atoms with Gasteiger partial charge in [-0.25, -0.2) is 0 Å². The van der Waals surface area contributed by atoms with Crippen molar-refractivity contribution in [3.8, 4) is 0 Å². The van der Waals surface area contributed by atoms with Crippen molar-refractivity contribution in [2.75, 3.05) is 5.32 Å². The van der Waals surface area contributed by atoms with Gasteiger partial charge in [-0.15, -0.1) is 0 Å². The number of anilines is 1. The summed E-state index contributed by atoms with van der Waals surface area (Å²) >= 11 is 11.9. The topological polar surface area (TPSA) is 58.2 Å². The molecule has 2 aromatic rings. The van der Waals surface area contributed by atoms with Crippen LogP contribution < -0.4 is 10.6 Å². The molecule has 0 unspecified atom stereocenters. The molecular formula is C17H16Cl2N2O2. The van der Waals surface area contributed by atoms with Gasteiger partial charge in [0, 0.05) is 29.2 Å². The van der Waals surface area contributed by atoms with E-state index in [1.165, 1.54) is 6.92 Å². The van der Waals surface area contributed by atoms with Gasteiger partial charge in [-0.05, 0) is 35.4 Å². The van der Waals surface area contributed by atoms with Gasteiger partial charge in [0.05, 0.1) is 6.42 Å². The third-order valence-corrected chi connectivity index (χ3v) is 3.72. The SMILES string of the molecule is CC(=O)Nc1ccc(CC(=O)NCc2ccc(Cl)cc2Cl)cc1. The summed E-state index contributed by atoms with van der Waals surface area (Å²) in [6.07, 6.45) is 0.256. The molecule has 0 heterocycles. The molecule has 2 amide bonds. The quantitative estimate of drug-likeness (QED) is 0.861. The Kier molecular flexibility index (Phi) is 6.02. The third kappa shape index (κ3) is 5.58. The van der Waals surface area contributed by atoms with Crippen LogP contribution in [0.2, 0.25) is 10.0 Å². The van der Waals surface area contributed by atoms with Crippen molar-refractivity contribution in [1.29, 1.82) is 0 Å². The van der Waals surface area contributed by atoms with Crippen LogP contribution in [-0.2, 0) is 22.6 Å². The number of carbonyl (C=O) groups is 2. The predicted octanol–water partition coefficient (Wildman–Crippen LogP) is 3.81. The average Bonchev–Trinajstić information content (AvgIpc) is 2.48. The van der Waals surface area contributed by atoms with Crippen LogP contribution in [0, 0.1) is 0 Å². The fraction of sp³-hybridized carbons (Fsp3) is 0.176. The van der Waals surface area contributed by atoms with Crippen LogP contribution in [-0.4, -0.2) is 11.8 Å². The lowest BCUT2D eigenvalue weighted by atomic mass is 10.1. The van der Waals surface area contributed by atoms with Gasteiger partial charge in [0.1, 0.15) is 0 Å². The molecule has 0 fully saturated rings. The van der Waals surface area contributed by atoms with Crippen molar-refractivity contribution < 1.29 is 9.59 Å². The Balaban J connectivity index is 1.88. The monoisotopic (exact) mass is 350 g/mol. The molecule has 0 saturated heterocycles. The zero-order valence-electron chi connectivity index (χ0n) is 12.5. The lowest BCUT2D eigenvalue weighted by Gasteiger charge is -2.08. The minimum Gasteiger partial charge on any atom is -0.352 e. The molecule has 2 rings (SSSR count). The Morgan fingerprint density at radius 2 is 1.74 bits per heavy atom. The Morgan fingerprint density at radius 1 is 1.04 bits per heavy atom. The van der Waals surface area contributed by atoms with E-state index in [1.807, 2.05) is 0 Å². The Hall–Kier alpha value is -2.04. The van der Waals surface area contributed by atoms with E-state index in [0.29, 0.717) is 22.3 Å². The highest BCUT2D eigenvalue weighted by atomic mass is 35.5. The maximum absolute atomic E-state index is 12.0. The number of halogens is 2. The molecule has 120 valence electrons. The van der Waals surface area contributed by atoms with E-state index in [1.54, 1.807) is 42.5 Å². The number of carbonyl (C=O) groups excluding carboxylic acids is 2. The van der Waals surface area contributed by atoms with E-state index in [9.17, 15) is 9.59 Å². The van der Waals surface area contributed by atoms with Gasteiger partial charge in [-0.1, -0.05) is 41.4 Å². The van der Waals surface area contributed by atoms with Crippen molar-refractivity contribution in [2.24, 2.45) is 0 Å². The number of hydrogen-bond donors (Lipinski definition) is 2. The van der Waals surface area contributed by atoms with E-state index >= 15 is 0 Å². The fourth-order valence-electron chi connectivity index (χ4n) is 2.02. The molecule has 0 aliphatic carbocycles. The van der Waals surface area contributed by atoms with Crippen LogP contribution in [0.25, 0.3) is 0 Å². The van der Waals surface area contributed by atoms with E-state index in [-0.39, 0.29) is 18.2 Å². The molecule has 6 heteroatoms. The summed E-state index contributed by atoms with van der Waals surface area (Å²) in [5.74, 6) is -0.237. The van der Waals surface area contributed by atoms with Gasteiger partial charge in [0.25, 0.3) is 0 Å². The molecular weight excluding hydrogens is 335 g/mol. The number of amides is 2. The number of benzene rings is 2. The summed E-state index contributed by atoms with van der Waals surface area (Å²) in [6, 6.07) is 12.3. The highest BCUT2D eigenvalue weighted by Gasteiger charge is 2.06. The first-order valence-electron chi connectivity index (χ1n) is 7.01. The van der Waals surface area contributed by atoms with Crippen molar-refractivity contribution in [2.45, 2.75) is 19.9 Å². The second-order valence-electron chi connectivity index (χ2n) is 5.07. The molecule has 2 N–H and O–H groups in total. The Bertz CT molecular complexity index is 715. The average molecular weight is 351 g/mol. The first kappa shape index (κ1) is 17.3. The molecule has 0 spiro atoms. The van der Waals surface area contributed by atoms with E-state index in [2.05, 4.69) is 10.6 Å². The van der Waals surface area contributed by atoms with Crippen LogP contribution in [0.5, 0.6) is 0 Å². The highest BCUT2D eigenvalue weighted by Crippen LogP contribution is 2.20. The maximum Gasteiger partial charge on any atom is 0.224 e.